The summed E-state index contributed by atoms with van der Waals surface area (Å²) in [5.74, 6) is -0.140. The van der Waals surface area contributed by atoms with E-state index in [1.165, 1.54) is 11.8 Å². The van der Waals surface area contributed by atoms with E-state index in [9.17, 15) is 4.79 Å². The molecule has 17 heavy (non-hydrogen) atoms. The van der Waals surface area contributed by atoms with Gasteiger partial charge in [-0.3, -0.25) is 4.79 Å². The molecule has 0 aliphatic heterocycles. The van der Waals surface area contributed by atoms with Crippen LogP contribution in [0.25, 0.3) is 10.1 Å². The van der Waals surface area contributed by atoms with Crippen LogP contribution >= 0.6 is 34.7 Å². The lowest BCUT2D eigenvalue weighted by Gasteiger charge is -2.04. The molecule has 1 aromatic heterocycles. The number of rotatable bonds is 4. The third-order valence-corrected chi connectivity index (χ3v) is 5.47. The lowest BCUT2D eigenvalue weighted by Crippen LogP contribution is -2.11. The fraction of sp³-hybridized carbons (Fsp3) is 0.250. The third kappa shape index (κ3) is 2.76. The van der Waals surface area contributed by atoms with Crippen molar-refractivity contribution in [3.8, 4) is 0 Å². The summed E-state index contributed by atoms with van der Waals surface area (Å²) in [4.78, 5) is 11.8. The van der Waals surface area contributed by atoms with Gasteiger partial charge in [-0.05, 0) is 13.0 Å². The van der Waals surface area contributed by atoms with Crippen molar-refractivity contribution in [1.82, 2.24) is 0 Å². The summed E-state index contributed by atoms with van der Waals surface area (Å²) in [6, 6.07) is 7.95. The molecule has 0 aliphatic carbocycles. The van der Waals surface area contributed by atoms with E-state index in [4.69, 9.17) is 16.7 Å². The molecule has 0 fully saturated rings. The first-order chi connectivity index (χ1) is 8.09. The molecule has 0 amide bonds. The zero-order chi connectivity index (χ0) is 12.4. The molecule has 2 nitrogen and oxygen atoms in total. The molecule has 0 saturated heterocycles. The van der Waals surface area contributed by atoms with Crippen LogP contribution in [0.3, 0.4) is 0 Å². The molecule has 90 valence electrons. The van der Waals surface area contributed by atoms with Crippen molar-refractivity contribution in [2.45, 2.75) is 17.9 Å². The number of carbonyl (C=O) groups is 1. The first kappa shape index (κ1) is 12.7. The number of hydrogen-bond acceptors (Lipinski definition) is 3. The summed E-state index contributed by atoms with van der Waals surface area (Å²) >= 11 is 9.30. The summed E-state index contributed by atoms with van der Waals surface area (Å²) in [6.07, 6.45) is 0. The monoisotopic (exact) mass is 286 g/mol. The maximum absolute atomic E-state index is 10.7. The molecule has 2 rings (SSSR count). The average Bonchev–Trinajstić information content (AvgIpc) is 2.64. The highest BCUT2D eigenvalue weighted by atomic mass is 35.5. The zero-order valence-corrected chi connectivity index (χ0v) is 11.5. The second-order valence-electron chi connectivity index (χ2n) is 3.63. The van der Waals surface area contributed by atoms with E-state index in [0.29, 0.717) is 5.75 Å². The molecule has 0 spiro atoms. The van der Waals surface area contributed by atoms with E-state index in [0.717, 1.165) is 20.0 Å². The summed E-state index contributed by atoms with van der Waals surface area (Å²) in [5.41, 5.74) is 0. The number of thioether (sulfide) groups is 1. The van der Waals surface area contributed by atoms with Gasteiger partial charge in [-0.25, -0.2) is 0 Å². The molecule has 5 heteroatoms. The van der Waals surface area contributed by atoms with Gasteiger partial charge in [0.15, 0.2) is 0 Å². The Balaban J connectivity index is 2.19. The fourth-order valence-electron chi connectivity index (χ4n) is 1.43. The second kappa shape index (κ2) is 5.29. The quantitative estimate of drug-likeness (QED) is 0.912. The van der Waals surface area contributed by atoms with Crippen molar-refractivity contribution >= 4 is 50.8 Å². The van der Waals surface area contributed by atoms with Crippen LogP contribution in [0.5, 0.6) is 0 Å². The van der Waals surface area contributed by atoms with Gasteiger partial charge in [-0.1, -0.05) is 29.8 Å². The van der Waals surface area contributed by atoms with Crippen molar-refractivity contribution in [2.24, 2.45) is 0 Å². The van der Waals surface area contributed by atoms with Crippen LogP contribution in [-0.4, -0.2) is 16.3 Å². The minimum absolute atomic E-state index is 0.406. The molecule has 0 saturated carbocycles. The predicted octanol–water partition coefficient (Wildman–Crippen LogP) is 4.26. The van der Waals surface area contributed by atoms with Crippen molar-refractivity contribution in [2.75, 3.05) is 0 Å². The highest BCUT2D eigenvalue weighted by Crippen LogP contribution is 2.37. The van der Waals surface area contributed by atoms with E-state index in [1.807, 2.05) is 24.3 Å². The number of fused-ring (bicyclic) bond motifs is 1. The van der Waals surface area contributed by atoms with Gasteiger partial charge in [-0.2, -0.15) is 0 Å². The first-order valence-electron chi connectivity index (χ1n) is 5.10. The summed E-state index contributed by atoms with van der Waals surface area (Å²) < 4.78 is 1.15. The number of carboxylic acids is 1. The average molecular weight is 287 g/mol. The Hall–Kier alpha value is -0.710. The van der Waals surface area contributed by atoms with E-state index < -0.39 is 11.2 Å². The minimum atomic E-state index is -0.785. The number of benzene rings is 1. The largest absolute Gasteiger partial charge is 0.480 e. The molecule has 1 unspecified atom stereocenters. The van der Waals surface area contributed by atoms with Gasteiger partial charge in [0.25, 0.3) is 0 Å². The number of halogens is 1. The highest BCUT2D eigenvalue weighted by molar-refractivity contribution is 7.99. The fourth-order valence-corrected chi connectivity index (χ4v) is 3.93. The molecule has 0 radical (unpaired) electrons. The maximum atomic E-state index is 10.7. The van der Waals surface area contributed by atoms with Crippen molar-refractivity contribution in [3.05, 3.63) is 34.2 Å². The van der Waals surface area contributed by atoms with Crippen LogP contribution in [0.4, 0.5) is 0 Å². The Morgan fingerprint density at radius 1 is 1.53 bits per heavy atom. The van der Waals surface area contributed by atoms with Gasteiger partial charge >= 0.3 is 5.97 Å². The molecule has 1 aromatic carbocycles. The molecule has 0 bridgehead atoms. The van der Waals surface area contributed by atoms with Gasteiger partial charge in [0.05, 0.1) is 10.3 Å². The maximum Gasteiger partial charge on any atom is 0.316 e. The van der Waals surface area contributed by atoms with Crippen LogP contribution in [0.15, 0.2) is 24.3 Å². The molecular formula is C12H11ClO2S2. The second-order valence-corrected chi connectivity index (χ2v) is 6.47. The first-order valence-corrected chi connectivity index (χ1v) is 7.34. The smallest absolute Gasteiger partial charge is 0.316 e. The lowest BCUT2D eigenvalue weighted by atomic mass is 10.2. The van der Waals surface area contributed by atoms with Crippen LogP contribution in [0, 0.1) is 0 Å². The Labute approximate surface area is 113 Å². The molecule has 1 atom stereocenters. The predicted molar refractivity (Wildman–Crippen MR) is 75.2 cm³/mol. The van der Waals surface area contributed by atoms with Crippen LogP contribution in [-0.2, 0) is 10.5 Å². The number of hydrogen-bond donors (Lipinski definition) is 1. The van der Waals surface area contributed by atoms with Crippen molar-refractivity contribution < 1.29 is 9.90 Å². The standard InChI is InChI=1S/C12H11ClO2S2/c1-7(12(14)15)16-6-10-11(13)8-4-2-3-5-9(8)17-10/h2-5,7H,6H2,1H3,(H,14,15). The Kier molecular flexibility index (Phi) is 3.97. The molecular weight excluding hydrogens is 276 g/mol. The van der Waals surface area contributed by atoms with Gasteiger partial charge in [0.1, 0.15) is 0 Å². The molecule has 1 heterocycles. The molecule has 0 aliphatic rings. The highest BCUT2D eigenvalue weighted by Gasteiger charge is 2.15. The SMILES string of the molecule is CC(SCc1sc2ccccc2c1Cl)C(=O)O. The van der Waals surface area contributed by atoms with Gasteiger partial charge in [-0.15, -0.1) is 23.1 Å². The zero-order valence-electron chi connectivity index (χ0n) is 9.14. The number of aliphatic carboxylic acids is 1. The summed E-state index contributed by atoms with van der Waals surface area (Å²) in [7, 11) is 0. The summed E-state index contributed by atoms with van der Waals surface area (Å²) in [6.45, 7) is 1.69. The topological polar surface area (TPSA) is 37.3 Å². The minimum Gasteiger partial charge on any atom is -0.480 e. The van der Waals surface area contributed by atoms with Gasteiger partial charge < -0.3 is 5.11 Å². The Morgan fingerprint density at radius 3 is 2.88 bits per heavy atom. The van der Waals surface area contributed by atoms with Crippen LogP contribution in [0.1, 0.15) is 11.8 Å². The van der Waals surface area contributed by atoms with Gasteiger partial charge in [0, 0.05) is 20.7 Å². The molecule has 1 N–H and O–H groups in total. The van der Waals surface area contributed by atoms with Crippen LogP contribution < -0.4 is 0 Å². The Bertz CT molecular complexity index is 550. The third-order valence-electron chi connectivity index (χ3n) is 2.41. The Morgan fingerprint density at radius 2 is 2.24 bits per heavy atom. The normalized spacial score (nSPS) is 12.8. The number of thiophene rings is 1. The molecule has 2 aromatic rings. The number of carboxylic acid groups (broad SMARTS) is 1. The lowest BCUT2D eigenvalue weighted by molar-refractivity contribution is -0.136. The summed E-state index contributed by atoms with van der Waals surface area (Å²) in [5, 5.41) is 10.2. The van der Waals surface area contributed by atoms with Gasteiger partial charge in [0.2, 0.25) is 0 Å². The van der Waals surface area contributed by atoms with E-state index in [2.05, 4.69) is 0 Å². The van der Waals surface area contributed by atoms with E-state index in [1.54, 1.807) is 18.3 Å². The van der Waals surface area contributed by atoms with Crippen LogP contribution in [0.2, 0.25) is 5.02 Å². The van der Waals surface area contributed by atoms with Crippen molar-refractivity contribution in [1.29, 1.82) is 0 Å². The van der Waals surface area contributed by atoms with Crippen molar-refractivity contribution in [3.63, 3.8) is 0 Å². The van der Waals surface area contributed by atoms with E-state index >= 15 is 0 Å². The van der Waals surface area contributed by atoms with E-state index in [-0.39, 0.29) is 0 Å².